The molecule has 7 nitrogen and oxygen atoms in total. The predicted octanol–water partition coefficient (Wildman–Crippen LogP) is 5.28. The first kappa shape index (κ1) is 26.6. The highest BCUT2D eigenvalue weighted by molar-refractivity contribution is 5.87. The first-order valence-corrected chi connectivity index (χ1v) is 13.9. The van der Waals surface area contributed by atoms with Gasteiger partial charge in [0.25, 0.3) is 0 Å². The maximum Gasteiger partial charge on any atom is 0.125 e. The average molecular weight is 545 g/mol. The van der Waals surface area contributed by atoms with E-state index in [0.29, 0.717) is 6.67 Å². The van der Waals surface area contributed by atoms with Crippen LogP contribution < -0.4 is 14.8 Å². The van der Waals surface area contributed by atoms with Gasteiger partial charge < -0.3 is 24.9 Å². The number of aromatic nitrogens is 1. The second-order valence-corrected chi connectivity index (χ2v) is 11.0. The summed E-state index contributed by atoms with van der Waals surface area (Å²) in [7, 11) is 3.36. The van der Waals surface area contributed by atoms with E-state index in [9.17, 15) is 9.50 Å². The number of aliphatic hydroxyl groups excluding tert-OH is 1. The Balaban J connectivity index is 1.30. The van der Waals surface area contributed by atoms with E-state index in [1.807, 2.05) is 24.3 Å². The van der Waals surface area contributed by atoms with Crippen LogP contribution in [0.15, 0.2) is 66.7 Å². The number of benzene rings is 3. The summed E-state index contributed by atoms with van der Waals surface area (Å²) in [6, 6.07) is 20.9. The number of methoxy groups -OCH3 is 2. The van der Waals surface area contributed by atoms with E-state index in [0.717, 1.165) is 67.4 Å². The normalized spacial score (nSPS) is 19.1. The van der Waals surface area contributed by atoms with Crippen molar-refractivity contribution in [3.8, 4) is 11.5 Å². The van der Waals surface area contributed by atoms with Gasteiger partial charge in [-0.25, -0.2) is 4.39 Å². The Morgan fingerprint density at radius 2 is 1.75 bits per heavy atom. The van der Waals surface area contributed by atoms with Gasteiger partial charge in [-0.3, -0.25) is 9.80 Å². The number of piperidine rings is 1. The van der Waals surface area contributed by atoms with E-state index in [-0.39, 0.29) is 23.9 Å². The van der Waals surface area contributed by atoms with Crippen LogP contribution in [0.25, 0.3) is 10.9 Å². The highest BCUT2D eigenvalue weighted by atomic mass is 19.1. The number of ether oxygens (including phenoxy) is 2. The molecule has 3 N–H and O–H groups in total. The van der Waals surface area contributed by atoms with Crippen molar-refractivity contribution in [1.82, 2.24) is 14.8 Å². The number of halogens is 1. The molecular weight excluding hydrogens is 507 g/mol. The van der Waals surface area contributed by atoms with Crippen LogP contribution in [-0.4, -0.2) is 67.0 Å². The van der Waals surface area contributed by atoms with E-state index in [1.54, 1.807) is 20.3 Å². The number of nitrogens with one attached hydrogen (secondary N) is 2. The summed E-state index contributed by atoms with van der Waals surface area (Å²) in [6.07, 6.45) is 1.97. The minimum atomic E-state index is -0.233. The summed E-state index contributed by atoms with van der Waals surface area (Å²) in [4.78, 5) is 8.53. The van der Waals surface area contributed by atoms with Crippen LogP contribution in [0.1, 0.15) is 35.7 Å². The van der Waals surface area contributed by atoms with Crippen LogP contribution in [0.4, 0.5) is 10.1 Å². The van der Waals surface area contributed by atoms with Crippen LogP contribution in [0.3, 0.4) is 0 Å². The van der Waals surface area contributed by atoms with Crippen LogP contribution in [-0.2, 0) is 12.0 Å². The van der Waals surface area contributed by atoms with E-state index in [2.05, 4.69) is 44.4 Å². The Morgan fingerprint density at radius 1 is 1.00 bits per heavy atom. The quantitative estimate of drug-likeness (QED) is 0.281. The Bertz CT molecular complexity index is 1460. The lowest BCUT2D eigenvalue weighted by Gasteiger charge is -2.50. The van der Waals surface area contributed by atoms with E-state index < -0.39 is 0 Å². The molecule has 1 fully saturated rings. The lowest BCUT2D eigenvalue weighted by Crippen LogP contribution is -2.54. The molecule has 1 spiro atoms. The van der Waals surface area contributed by atoms with Crippen molar-refractivity contribution in [2.45, 2.75) is 30.8 Å². The van der Waals surface area contributed by atoms with Gasteiger partial charge >= 0.3 is 0 Å². The van der Waals surface area contributed by atoms with Crippen molar-refractivity contribution >= 4 is 16.6 Å². The van der Waals surface area contributed by atoms with Crippen molar-refractivity contribution in [3.05, 3.63) is 89.4 Å². The van der Waals surface area contributed by atoms with Gasteiger partial charge in [0.1, 0.15) is 17.3 Å². The molecule has 0 radical (unpaired) electrons. The number of rotatable bonds is 8. The Morgan fingerprint density at radius 3 is 2.45 bits per heavy atom. The number of aliphatic hydroxyl groups is 1. The summed E-state index contributed by atoms with van der Waals surface area (Å²) in [5, 5.41) is 15.3. The maximum atomic E-state index is 13.7. The summed E-state index contributed by atoms with van der Waals surface area (Å²) in [5.41, 5.74) is 5.42. The molecule has 3 aromatic carbocycles. The molecule has 4 aromatic rings. The number of likely N-dealkylation sites (tertiary alicyclic amines) is 1. The zero-order valence-electron chi connectivity index (χ0n) is 23.1. The van der Waals surface area contributed by atoms with Gasteiger partial charge in [-0.2, -0.15) is 0 Å². The predicted molar refractivity (Wildman–Crippen MR) is 155 cm³/mol. The molecule has 1 saturated heterocycles. The fourth-order valence-corrected chi connectivity index (χ4v) is 6.59. The standard InChI is InChI=1S/C32H37FN4O3/c1-39-25-8-6-22(7-9-25)18-37-20-32(12-14-36(15-13-32)21-34-24-5-3-4-23(33)16-24)30-27-11-10-26(40-2)17-28(27)35-31(30)29(37)19-38/h3-11,16-17,29,34-35,38H,12-15,18-21H2,1-2H3/t29-/m0/s1. The molecule has 1 aromatic heterocycles. The second-order valence-electron chi connectivity index (χ2n) is 11.0. The molecular formula is C32H37FN4O3. The first-order valence-electron chi connectivity index (χ1n) is 13.9. The van der Waals surface area contributed by atoms with Crippen molar-refractivity contribution in [1.29, 1.82) is 0 Å². The minimum Gasteiger partial charge on any atom is -0.497 e. The SMILES string of the molecule is COc1ccc(CN2CC3(CCN(CNc4cccc(F)c4)CC3)c3c([nH]c4cc(OC)ccc34)[C@@H]2CO)cc1. The molecule has 0 aliphatic carbocycles. The van der Waals surface area contributed by atoms with Gasteiger partial charge in [0.15, 0.2) is 0 Å². The first-order chi connectivity index (χ1) is 19.5. The largest absolute Gasteiger partial charge is 0.497 e. The zero-order valence-corrected chi connectivity index (χ0v) is 23.1. The van der Waals surface area contributed by atoms with Crippen LogP contribution in [0, 0.1) is 5.82 Å². The molecule has 2 aliphatic rings. The molecule has 6 rings (SSSR count). The molecule has 0 saturated carbocycles. The van der Waals surface area contributed by atoms with E-state index in [1.165, 1.54) is 28.6 Å². The molecule has 0 bridgehead atoms. The van der Waals surface area contributed by atoms with E-state index >= 15 is 0 Å². The summed E-state index contributed by atoms with van der Waals surface area (Å²) < 4.78 is 24.5. The number of hydrogen-bond acceptors (Lipinski definition) is 6. The van der Waals surface area contributed by atoms with Gasteiger partial charge in [0, 0.05) is 59.9 Å². The Labute approximate surface area is 234 Å². The van der Waals surface area contributed by atoms with Crippen LogP contribution >= 0.6 is 0 Å². The zero-order chi connectivity index (χ0) is 27.7. The lowest BCUT2D eigenvalue weighted by molar-refractivity contribution is 0.0446. The van der Waals surface area contributed by atoms with Crippen molar-refractivity contribution in [2.75, 3.05) is 52.4 Å². The number of fused-ring (bicyclic) bond motifs is 4. The molecule has 1 atom stereocenters. The number of aromatic amines is 1. The summed E-state index contributed by atoms with van der Waals surface area (Å²) in [5.74, 6) is 1.42. The number of anilines is 1. The minimum absolute atomic E-state index is 0.0346. The molecule has 0 unspecified atom stereocenters. The maximum absolute atomic E-state index is 13.7. The number of hydrogen-bond donors (Lipinski definition) is 3. The molecule has 0 amide bonds. The van der Waals surface area contributed by atoms with Gasteiger partial charge in [0.2, 0.25) is 0 Å². The number of nitrogens with zero attached hydrogens (tertiary/aromatic N) is 2. The van der Waals surface area contributed by atoms with Gasteiger partial charge in [0.05, 0.1) is 33.5 Å². The monoisotopic (exact) mass is 544 g/mol. The topological polar surface area (TPSA) is 73.0 Å². The Hall–Kier alpha value is -3.59. The van der Waals surface area contributed by atoms with Crippen LogP contribution in [0.2, 0.25) is 0 Å². The fraction of sp³-hybridized carbons (Fsp3) is 0.375. The number of H-pyrrole nitrogens is 1. The van der Waals surface area contributed by atoms with E-state index in [4.69, 9.17) is 9.47 Å². The third-order valence-electron chi connectivity index (χ3n) is 8.71. The molecule has 40 heavy (non-hydrogen) atoms. The average Bonchev–Trinajstić information content (AvgIpc) is 3.37. The van der Waals surface area contributed by atoms with Crippen molar-refractivity contribution in [2.24, 2.45) is 0 Å². The van der Waals surface area contributed by atoms with Crippen LogP contribution in [0.5, 0.6) is 11.5 Å². The Kier molecular flexibility index (Phi) is 7.40. The van der Waals surface area contributed by atoms with Crippen molar-refractivity contribution in [3.63, 3.8) is 0 Å². The third kappa shape index (κ3) is 5.03. The smallest absolute Gasteiger partial charge is 0.125 e. The molecule has 3 heterocycles. The van der Waals surface area contributed by atoms with Crippen molar-refractivity contribution < 1.29 is 19.0 Å². The molecule has 210 valence electrons. The third-order valence-corrected chi connectivity index (χ3v) is 8.71. The second kappa shape index (κ2) is 11.1. The van der Waals surface area contributed by atoms with Gasteiger partial charge in [-0.05, 0) is 66.4 Å². The molecule has 8 heteroatoms. The highest BCUT2D eigenvalue weighted by Gasteiger charge is 2.47. The summed E-state index contributed by atoms with van der Waals surface area (Å²) >= 11 is 0. The van der Waals surface area contributed by atoms with Gasteiger partial charge in [-0.1, -0.05) is 18.2 Å². The fourth-order valence-electron chi connectivity index (χ4n) is 6.59. The highest BCUT2D eigenvalue weighted by Crippen LogP contribution is 2.49. The lowest BCUT2D eigenvalue weighted by atomic mass is 9.68. The summed E-state index contributed by atoms with van der Waals surface area (Å²) in [6.45, 7) is 4.15. The van der Waals surface area contributed by atoms with Gasteiger partial charge in [-0.15, -0.1) is 0 Å². The molecule has 2 aliphatic heterocycles.